The van der Waals surface area contributed by atoms with Gasteiger partial charge in [-0.25, -0.2) is 13.1 Å². The molecule has 0 spiro atoms. The van der Waals surface area contributed by atoms with E-state index in [1.165, 1.54) is 0 Å². The van der Waals surface area contributed by atoms with Crippen LogP contribution in [0.4, 0.5) is 0 Å². The first kappa shape index (κ1) is 21.9. The molecule has 6 nitrogen and oxygen atoms in total. The number of rotatable bonds is 6. The van der Waals surface area contributed by atoms with Crippen molar-refractivity contribution < 1.29 is 13.2 Å². The third kappa shape index (κ3) is 5.95. The van der Waals surface area contributed by atoms with Crippen molar-refractivity contribution in [3.63, 3.8) is 0 Å². The summed E-state index contributed by atoms with van der Waals surface area (Å²) in [7, 11) is -1.69. The summed E-state index contributed by atoms with van der Waals surface area (Å²) in [6, 6.07) is 5.66. The number of benzene rings is 1. The van der Waals surface area contributed by atoms with E-state index in [-0.39, 0.29) is 36.2 Å². The normalized spacial score (nSPS) is 17.9. The SMILES string of the molecule is CNC1CCCN(C(=O)CCNS(=O)(=O)c2cc(C)ccc2C)C1.Cl. The number of piperidine rings is 1. The lowest BCUT2D eigenvalue weighted by Gasteiger charge is -2.32. The van der Waals surface area contributed by atoms with Gasteiger partial charge in [0.05, 0.1) is 4.90 Å². The number of likely N-dealkylation sites (N-methyl/N-ethyl adjacent to an activating group) is 1. The van der Waals surface area contributed by atoms with Crippen LogP contribution in [0.5, 0.6) is 0 Å². The monoisotopic (exact) mass is 389 g/mol. The standard InChI is InChI=1S/C17H27N3O3S.ClH/c1-13-6-7-14(2)16(11-13)24(22,23)19-9-8-17(21)20-10-4-5-15(12-20)18-3;/h6-7,11,15,18-19H,4-5,8-10,12H2,1-3H3;1H. The molecule has 0 saturated carbocycles. The summed E-state index contributed by atoms with van der Waals surface area (Å²) in [5.74, 6) is -0.00128. The van der Waals surface area contributed by atoms with Crippen molar-refractivity contribution in [2.24, 2.45) is 0 Å². The van der Waals surface area contributed by atoms with E-state index in [1.807, 2.05) is 24.9 Å². The molecular formula is C17H28ClN3O3S. The van der Waals surface area contributed by atoms with Crippen molar-refractivity contribution in [3.05, 3.63) is 29.3 Å². The van der Waals surface area contributed by atoms with Crippen LogP contribution in [0.3, 0.4) is 0 Å². The van der Waals surface area contributed by atoms with Gasteiger partial charge in [-0.1, -0.05) is 12.1 Å². The number of hydrogen-bond acceptors (Lipinski definition) is 4. The van der Waals surface area contributed by atoms with Crippen molar-refractivity contribution in [2.45, 2.75) is 44.0 Å². The van der Waals surface area contributed by atoms with Crippen molar-refractivity contribution in [2.75, 3.05) is 26.7 Å². The Morgan fingerprint density at radius 3 is 2.72 bits per heavy atom. The lowest BCUT2D eigenvalue weighted by molar-refractivity contribution is -0.132. The second-order valence-electron chi connectivity index (χ2n) is 6.38. The maximum absolute atomic E-state index is 12.4. The molecule has 0 bridgehead atoms. The maximum atomic E-state index is 12.4. The van der Waals surface area contributed by atoms with Crippen molar-refractivity contribution in [1.29, 1.82) is 0 Å². The zero-order valence-electron chi connectivity index (χ0n) is 15.0. The van der Waals surface area contributed by atoms with Crippen LogP contribution in [-0.2, 0) is 14.8 Å². The van der Waals surface area contributed by atoms with Gasteiger partial charge in [0.2, 0.25) is 15.9 Å². The molecule has 2 N–H and O–H groups in total. The van der Waals surface area contributed by atoms with Gasteiger partial charge in [-0.2, -0.15) is 0 Å². The Bertz CT molecular complexity index is 694. The summed E-state index contributed by atoms with van der Waals surface area (Å²) >= 11 is 0. The maximum Gasteiger partial charge on any atom is 0.240 e. The number of nitrogens with zero attached hydrogens (tertiary/aromatic N) is 1. The lowest BCUT2D eigenvalue weighted by Crippen LogP contribution is -2.47. The van der Waals surface area contributed by atoms with Gasteiger partial charge in [0.15, 0.2) is 0 Å². The van der Waals surface area contributed by atoms with E-state index in [1.54, 1.807) is 19.1 Å². The first-order valence-electron chi connectivity index (χ1n) is 8.35. The van der Waals surface area contributed by atoms with E-state index in [9.17, 15) is 13.2 Å². The van der Waals surface area contributed by atoms with Crippen LogP contribution in [-0.4, -0.2) is 51.9 Å². The fraction of sp³-hybridized carbons (Fsp3) is 0.588. The van der Waals surface area contributed by atoms with Crippen LogP contribution in [0.1, 0.15) is 30.4 Å². The topological polar surface area (TPSA) is 78.5 Å². The van der Waals surface area contributed by atoms with Gasteiger partial charge in [0.25, 0.3) is 0 Å². The molecule has 1 aromatic carbocycles. The fourth-order valence-corrected chi connectivity index (χ4v) is 4.32. The minimum absolute atomic E-state index is 0. The fourth-order valence-electron chi connectivity index (χ4n) is 2.96. The van der Waals surface area contributed by atoms with Gasteiger partial charge in [-0.15, -0.1) is 12.4 Å². The highest BCUT2D eigenvalue weighted by Crippen LogP contribution is 2.16. The number of sulfonamides is 1. The van der Waals surface area contributed by atoms with Crippen molar-refractivity contribution in [3.8, 4) is 0 Å². The molecule has 1 unspecified atom stereocenters. The predicted molar refractivity (Wildman–Crippen MR) is 102 cm³/mol. The highest BCUT2D eigenvalue weighted by Gasteiger charge is 2.23. The first-order chi connectivity index (χ1) is 11.3. The number of aryl methyl sites for hydroxylation is 2. The van der Waals surface area contributed by atoms with Crippen molar-refractivity contribution in [1.82, 2.24) is 14.9 Å². The minimum atomic E-state index is -3.59. The third-order valence-corrected chi connectivity index (χ3v) is 6.05. The number of carbonyl (C=O) groups is 1. The summed E-state index contributed by atoms with van der Waals surface area (Å²) < 4.78 is 27.4. The average Bonchev–Trinajstić information content (AvgIpc) is 2.56. The highest BCUT2D eigenvalue weighted by molar-refractivity contribution is 7.89. The lowest BCUT2D eigenvalue weighted by atomic mass is 10.1. The second-order valence-corrected chi connectivity index (χ2v) is 8.12. The van der Waals surface area contributed by atoms with E-state index in [2.05, 4.69) is 10.0 Å². The summed E-state index contributed by atoms with van der Waals surface area (Å²) in [5.41, 5.74) is 1.59. The van der Waals surface area contributed by atoms with Crippen LogP contribution >= 0.6 is 12.4 Å². The van der Waals surface area contributed by atoms with Gasteiger partial charge in [-0.05, 0) is 50.9 Å². The zero-order chi connectivity index (χ0) is 17.7. The van der Waals surface area contributed by atoms with Gasteiger partial charge in [0.1, 0.15) is 0 Å². The number of carbonyl (C=O) groups excluding carboxylic acids is 1. The van der Waals surface area contributed by atoms with Crippen LogP contribution in [0.15, 0.2) is 23.1 Å². The minimum Gasteiger partial charge on any atom is -0.341 e. The Balaban J connectivity index is 0.00000312. The average molecular weight is 390 g/mol. The number of halogens is 1. The Kier molecular flexibility index (Phi) is 8.34. The van der Waals surface area contributed by atoms with Crippen LogP contribution in [0.25, 0.3) is 0 Å². The molecule has 2 rings (SSSR count). The van der Waals surface area contributed by atoms with Crippen molar-refractivity contribution >= 4 is 28.3 Å². The van der Waals surface area contributed by atoms with Crippen LogP contribution in [0, 0.1) is 13.8 Å². The number of nitrogens with one attached hydrogen (secondary N) is 2. The van der Waals surface area contributed by atoms with Gasteiger partial charge >= 0.3 is 0 Å². The molecule has 1 amide bonds. The molecule has 1 aliphatic heterocycles. The molecule has 25 heavy (non-hydrogen) atoms. The molecule has 142 valence electrons. The molecule has 1 aromatic rings. The van der Waals surface area contributed by atoms with Crippen LogP contribution < -0.4 is 10.0 Å². The summed E-state index contributed by atoms with van der Waals surface area (Å²) in [5, 5.41) is 3.20. The smallest absolute Gasteiger partial charge is 0.240 e. The third-order valence-electron chi connectivity index (χ3n) is 4.45. The highest BCUT2D eigenvalue weighted by atomic mass is 35.5. The second kappa shape index (κ2) is 9.52. The van der Waals surface area contributed by atoms with E-state index < -0.39 is 10.0 Å². The molecule has 1 fully saturated rings. The van der Waals surface area contributed by atoms with Crippen LogP contribution in [0.2, 0.25) is 0 Å². The molecular weight excluding hydrogens is 362 g/mol. The Hall–Kier alpha value is -1.15. The zero-order valence-corrected chi connectivity index (χ0v) is 16.7. The summed E-state index contributed by atoms with van der Waals surface area (Å²) in [6.45, 7) is 5.19. The molecule has 1 saturated heterocycles. The van der Waals surface area contributed by atoms with E-state index in [4.69, 9.17) is 0 Å². The number of amides is 1. The number of likely N-dealkylation sites (tertiary alicyclic amines) is 1. The van der Waals surface area contributed by atoms with E-state index >= 15 is 0 Å². The Morgan fingerprint density at radius 2 is 2.04 bits per heavy atom. The number of hydrogen-bond donors (Lipinski definition) is 2. The first-order valence-corrected chi connectivity index (χ1v) is 9.84. The molecule has 0 radical (unpaired) electrons. The summed E-state index contributed by atoms with van der Waals surface area (Å²) in [6.07, 6.45) is 2.23. The predicted octanol–water partition coefficient (Wildman–Crippen LogP) is 1.60. The van der Waals surface area contributed by atoms with Gasteiger partial charge in [-0.3, -0.25) is 4.79 Å². The molecule has 0 aliphatic carbocycles. The molecule has 1 atom stereocenters. The molecule has 1 aliphatic rings. The van der Waals surface area contributed by atoms with Gasteiger partial charge < -0.3 is 10.2 Å². The van der Waals surface area contributed by atoms with E-state index in [0.717, 1.165) is 24.9 Å². The molecule has 1 heterocycles. The Morgan fingerprint density at radius 1 is 1.32 bits per heavy atom. The quantitative estimate of drug-likeness (QED) is 0.774. The van der Waals surface area contributed by atoms with E-state index in [0.29, 0.717) is 18.2 Å². The Labute approximate surface area is 156 Å². The largest absolute Gasteiger partial charge is 0.341 e. The molecule has 0 aromatic heterocycles. The van der Waals surface area contributed by atoms with Gasteiger partial charge in [0, 0.05) is 32.1 Å². The summed E-state index contributed by atoms with van der Waals surface area (Å²) in [4.78, 5) is 14.4. The molecule has 8 heteroatoms.